The molecule has 2 aromatic rings. The summed E-state index contributed by atoms with van der Waals surface area (Å²) in [4.78, 5) is 15.2. The van der Waals surface area contributed by atoms with Crippen molar-refractivity contribution in [1.29, 1.82) is 0 Å². The topological polar surface area (TPSA) is 50.8 Å². The number of rotatable bonds is 7. The minimum absolute atomic E-state index is 0.141. The summed E-state index contributed by atoms with van der Waals surface area (Å²) in [5.41, 5.74) is 2.32. The normalized spacial score (nSPS) is 17.0. The van der Waals surface area contributed by atoms with E-state index in [1.807, 2.05) is 55.5 Å². The number of allylic oxidation sites excluding steroid dienone is 3. The Kier molecular flexibility index (Phi) is 7.50. The molecule has 0 radical (unpaired) electrons. The number of hydrogen-bond donors (Lipinski definition) is 1. The molecular formula is C28H34N2O3. The quantitative estimate of drug-likeness (QED) is 0.557. The van der Waals surface area contributed by atoms with Crippen molar-refractivity contribution in [2.45, 2.75) is 58.6 Å². The van der Waals surface area contributed by atoms with E-state index in [1.54, 1.807) is 0 Å². The molecule has 0 unspecified atom stereocenters. The zero-order valence-corrected chi connectivity index (χ0v) is 19.8. The lowest BCUT2D eigenvalue weighted by Gasteiger charge is -2.34. The number of nitrogens with one attached hydrogen (secondary N) is 1. The number of carbonyl (C=O) groups excluding carboxylic acids is 1. The highest BCUT2D eigenvalue weighted by atomic mass is 16.5. The van der Waals surface area contributed by atoms with Gasteiger partial charge in [0.15, 0.2) is 0 Å². The maximum absolute atomic E-state index is 12.7. The standard InChI is InChI=1S/C28H34N2O3/c1-20(2)30-17-15-26(16-18-30)32-25-12-9-22(10-13-25)28(31)29-23-11-14-27(21(3)19-23)33-24-7-5-4-6-8-24/h5,7-14,19-20,26H,4,6,15-18H2,1-3H3,(H,29,31). The predicted octanol–water partition coefficient (Wildman–Crippen LogP) is 6.11. The number of nitrogens with zero attached hydrogens (tertiary/aromatic N) is 1. The van der Waals surface area contributed by atoms with Crippen LogP contribution in [-0.4, -0.2) is 36.0 Å². The van der Waals surface area contributed by atoms with Crippen LogP contribution in [0.2, 0.25) is 0 Å². The van der Waals surface area contributed by atoms with Gasteiger partial charge in [0, 0.05) is 30.4 Å². The molecule has 0 saturated carbocycles. The Labute approximate surface area is 197 Å². The number of ether oxygens (including phenoxy) is 2. The number of carbonyl (C=O) groups is 1. The average molecular weight is 447 g/mol. The van der Waals surface area contributed by atoms with E-state index in [0.29, 0.717) is 11.6 Å². The van der Waals surface area contributed by atoms with Crippen molar-refractivity contribution in [3.63, 3.8) is 0 Å². The molecule has 2 aliphatic rings. The minimum Gasteiger partial charge on any atom is -0.490 e. The fourth-order valence-corrected chi connectivity index (χ4v) is 4.22. The lowest BCUT2D eigenvalue weighted by molar-refractivity contribution is 0.0843. The number of piperidine rings is 1. The number of likely N-dealkylation sites (tertiary alicyclic amines) is 1. The number of anilines is 1. The Morgan fingerprint density at radius 2 is 1.82 bits per heavy atom. The van der Waals surface area contributed by atoms with E-state index in [4.69, 9.17) is 9.47 Å². The highest BCUT2D eigenvalue weighted by molar-refractivity contribution is 6.04. The molecule has 1 fully saturated rings. The second kappa shape index (κ2) is 10.7. The summed E-state index contributed by atoms with van der Waals surface area (Å²) >= 11 is 0. The van der Waals surface area contributed by atoms with Gasteiger partial charge in [-0.1, -0.05) is 6.08 Å². The Morgan fingerprint density at radius 3 is 2.45 bits per heavy atom. The first-order chi connectivity index (χ1) is 16.0. The van der Waals surface area contributed by atoms with Gasteiger partial charge < -0.3 is 19.7 Å². The van der Waals surface area contributed by atoms with Crippen LogP contribution in [0.25, 0.3) is 0 Å². The molecule has 174 valence electrons. The van der Waals surface area contributed by atoms with E-state index in [1.165, 1.54) is 0 Å². The van der Waals surface area contributed by atoms with Gasteiger partial charge in [0.25, 0.3) is 5.91 Å². The molecule has 0 aromatic heterocycles. The molecule has 1 heterocycles. The van der Waals surface area contributed by atoms with Crippen LogP contribution >= 0.6 is 0 Å². The van der Waals surface area contributed by atoms with Gasteiger partial charge in [-0.15, -0.1) is 0 Å². The van der Waals surface area contributed by atoms with Crippen molar-refractivity contribution in [1.82, 2.24) is 4.90 Å². The maximum atomic E-state index is 12.7. The van der Waals surface area contributed by atoms with Gasteiger partial charge in [-0.25, -0.2) is 0 Å². The van der Waals surface area contributed by atoms with Gasteiger partial charge >= 0.3 is 0 Å². The smallest absolute Gasteiger partial charge is 0.255 e. The van der Waals surface area contributed by atoms with E-state index in [2.05, 4.69) is 36.2 Å². The summed E-state index contributed by atoms with van der Waals surface area (Å²) in [6, 6.07) is 13.7. The molecule has 5 nitrogen and oxygen atoms in total. The van der Waals surface area contributed by atoms with Crippen molar-refractivity contribution >= 4 is 11.6 Å². The Balaban J connectivity index is 1.31. The zero-order valence-electron chi connectivity index (χ0n) is 19.8. The van der Waals surface area contributed by atoms with Crippen molar-refractivity contribution in [3.8, 4) is 11.5 Å². The lowest BCUT2D eigenvalue weighted by Crippen LogP contribution is -2.41. The summed E-state index contributed by atoms with van der Waals surface area (Å²) in [7, 11) is 0. The molecule has 5 heteroatoms. The second-order valence-corrected chi connectivity index (χ2v) is 9.09. The largest absolute Gasteiger partial charge is 0.490 e. The molecule has 0 bridgehead atoms. The molecule has 4 rings (SSSR count). The molecule has 2 aromatic carbocycles. The number of aryl methyl sites for hydroxylation is 1. The highest BCUT2D eigenvalue weighted by Gasteiger charge is 2.22. The second-order valence-electron chi connectivity index (χ2n) is 9.09. The summed E-state index contributed by atoms with van der Waals surface area (Å²) in [6.45, 7) is 8.60. The lowest BCUT2D eigenvalue weighted by atomic mass is 10.1. The van der Waals surface area contributed by atoms with Crippen molar-refractivity contribution in [2.75, 3.05) is 18.4 Å². The van der Waals surface area contributed by atoms with Crippen LogP contribution in [0.15, 0.2) is 66.5 Å². The molecule has 1 saturated heterocycles. The van der Waals surface area contributed by atoms with E-state index in [-0.39, 0.29) is 12.0 Å². The van der Waals surface area contributed by atoms with E-state index >= 15 is 0 Å². The number of hydrogen-bond acceptors (Lipinski definition) is 4. The summed E-state index contributed by atoms with van der Waals surface area (Å²) < 4.78 is 12.1. The zero-order chi connectivity index (χ0) is 23.2. The fourth-order valence-electron chi connectivity index (χ4n) is 4.22. The predicted molar refractivity (Wildman–Crippen MR) is 133 cm³/mol. The Bertz CT molecular complexity index is 1020. The maximum Gasteiger partial charge on any atom is 0.255 e. The van der Waals surface area contributed by atoms with Gasteiger partial charge in [-0.05, 0) is 107 Å². The Hall–Kier alpha value is -3.05. The van der Waals surface area contributed by atoms with Gasteiger partial charge in [-0.3, -0.25) is 4.79 Å². The molecule has 1 aliphatic heterocycles. The van der Waals surface area contributed by atoms with E-state index in [0.717, 1.165) is 67.3 Å². The van der Waals surface area contributed by atoms with Gasteiger partial charge in [0.05, 0.1) is 0 Å². The van der Waals surface area contributed by atoms with Crippen molar-refractivity contribution in [3.05, 3.63) is 77.6 Å². The minimum atomic E-state index is -0.141. The number of amides is 1. The Morgan fingerprint density at radius 1 is 1.06 bits per heavy atom. The summed E-state index contributed by atoms with van der Waals surface area (Å²) in [5.74, 6) is 2.34. The van der Waals surface area contributed by atoms with Crippen LogP contribution in [-0.2, 0) is 0 Å². The van der Waals surface area contributed by atoms with E-state index < -0.39 is 0 Å². The first kappa shape index (κ1) is 23.1. The van der Waals surface area contributed by atoms with E-state index in [9.17, 15) is 4.79 Å². The van der Waals surface area contributed by atoms with Crippen LogP contribution in [0.4, 0.5) is 5.69 Å². The molecular weight excluding hydrogens is 412 g/mol. The van der Waals surface area contributed by atoms with Gasteiger partial charge in [-0.2, -0.15) is 0 Å². The highest BCUT2D eigenvalue weighted by Crippen LogP contribution is 2.26. The monoisotopic (exact) mass is 446 g/mol. The molecule has 0 atom stereocenters. The molecule has 1 amide bonds. The van der Waals surface area contributed by atoms with Crippen LogP contribution in [0.1, 0.15) is 55.5 Å². The van der Waals surface area contributed by atoms with Crippen LogP contribution < -0.4 is 14.8 Å². The van der Waals surface area contributed by atoms with Gasteiger partial charge in [0.2, 0.25) is 0 Å². The average Bonchev–Trinajstić information content (AvgIpc) is 2.82. The SMILES string of the molecule is Cc1cc(NC(=O)c2ccc(OC3CCN(C(C)C)CC3)cc2)ccc1OC1=CCCC=C1. The fraction of sp³-hybridized carbons (Fsp3) is 0.393. The first-order valence-corrected chi connectivity index (χ1v) is 12.0. The first-order valence-electron chi connectivity index (χ1n) is 12.0. The van der Waals surface area contributed by atoms with Crippen LogP contribution in [0.5, 0.6) is 11.5 Å². The number of benzene rings is 2. The van der Waals surface area contributed by atoms with Gasteiger partial charge in [0.1, 0.15) is 23.4 Å². The van der Waals surface area contributed by atoms with Crippen LogP contribution in [0, 0.1) is 6.92 Å². The molecule has 0 spiro atoms. The summed E-state index contributed by atoms with van der Waals surface area (Å²) in [6.07, 6.45) is 10.6. The van der Waals surface area contributed by atoms with Crippen molar-refractivity contribution < 1.29 is 14.3 Å². The molecule has 1 N–H and O–H groups in total. The molecule has 33 heavy (non-hydrogen) atoms. The van der Waals surface area contributed by atoms with Crippen molar-refractivity contribution in [2.24, 2.45) is 0 Å². The summed E-state index contributed by atoms with van der Waals surface area (Å²) in [5, 5.41) is 2.98. The molecule has 1 aliphatic carbocycles. The third-order valence-corrected chi connectivity index (χ3v) is 6.25. The third kappa shape index (κ3) is 6.26. The third-order valence-electron chi connectivity index (χ3n) is 6.25. The van der Waals surface area contributed by atoms with Crippen LogP contribution in [0.3, 0.4) is 0 Å².